The molecule has 0 radical (unpaired) electrons. The third kappa shape index (κ3) is 4.17. The molecule has 6 heteroatoms. The average Bonchev–Trinajstić information content (AvgIpc) is 2.48. The number of hydrogen-bond acceptors (Lipinski definition) is 4. The van der Waals surface area contributed by atoms with E-state index >= 15 is 0 Å². The van der Waals surface area contributed by atoms with Crippen molar-refractivity contribution in [2.75, 3.05) is 11.9 Å². The second-order valence-corrected chi connectivity index (χ2v) is 7.34. The summed E-state index contributed by atoms with van der Waals surface area (Å²) in [6.45, 7) is 4.79. The highest BCUT2D eigenvalue weighted by molar-refractivity contribution is 7.89. The molecule has 0 spiro atoms. The lowest BCUT2D eigenvalue weighted by Gasteiger charge is -2.29. The number of nitrogens with zero attached hydrogens (tertiary/aromatic N) is 1. The highest BCUT2D eigenvalue weighted by Crippen LogP contribution is 2.28. The van der Waals surface area contributed by atoms with Gasteiger partial charge in [0.1, 0.15) is 4.90 Å². The molecule has 1 aromatic heterocycles. The van der Waals surface area contributed by atoms with Gasteiger partial charge in [0.05, 0.1) is 5.69 Å². The molecule has 1 heterocycles. The molecule has 0 saturated heterocycles. The summed E-state index contributed by atoms with van der Waals surface area (Å²) in [6.07, 6.45) is 8.31. The van der Waals surface area contributed by atoms with Gasteiger partial charge in [-0.05, 0) is 31.7 Å². The summed E-state index contributed by atoms with van der Waals surface area (Å²) in [6, 6.07) is 1.75. The highest BCUT2D eigenvalue weighted by Gasteiger charge is 2.27. The van der Waals surface area contributed by atoms with Crippen molar-refractivity contribution in [2.45, 2.75) is 56.9 Å². The predicted molar refractivity (Wildman–Crippen MR) is 84.8 cm³/mol. The van der Waals surface area contributed by atoms with Crippen LogP contribution in [0.5, 0.6) is 0 Å². The largest absolute Gasteiger partial charge is 0.384 e. The summed E-state index contributed by atoms with van der Waals surface area (Å²) in [5.74, 6) is 0.633. The van der Waals surface area contributed by atoms with Crippen LogP contribution in [0.1, 0.15) is 46.0 Å². The van der Waals surface area contributed by atoms with Crippen LogP contribution >= 0.6 is 0 Å². The summed E-state index contributed by atoms with van der Waals surface area (Å²) in [4.78, 5) is 4.20. The van der Waals surface area contributed by atoms with Crippen LogP contribution in [-0.2, 0) is 10.0 Å². The van der Waals surface area contributed by atoms with Crippen LogP contribution in [0.2, 0.25) is 0 Å². The monoisotopic (exact) mass is 311 g/mol. The molecule has 1 aliphatic carbocycles. The lowest BCUT2D eigenvalue weighted by atomic mass is 9.85. The van der Waals surface area contributed by atoms with Crippen LogP contribution in [0.15, 0.2) is 23.4 Å². The average molecular weight is 311 g/mol. The quantitative estimate of drug-likeness (QED) is 0.847. The van der Waals surface area contributed by atoms with Gasteiger partial charge < -0.3 is 5.32 Å². The van der Waals surface area contributed by atoms with Crippen LogP contribution < -0.4 is 10.0 Å². The van der Waals surface area contributed by atoms with Crippen molar-refractivity contribution in [2.24, 2.45) is 5.92 Å². The van der Waals surface area contributed by atoms with Gasteiger partial charge in [-0.2, -0.15) is 0 Å². The van der Waals surface area contributed by atoms with E-state index in [0.717, 1.165) is 25.7 Å². The number of pyridine rings is 1. The van der Waals surface area contributed by atoms with E-state index in [1.807, 2.05) is 6.92 Å². The molecule has 0 amide bonds. The van der Waals surface area contributed by atoms with Gasteiger partial charge >= 0.3 is 0 Å². The summed E-state index contributed by atoms with van der Waals surface area (Å²) < 4.78 is 28.1. The Bertz CT molecular complexity index is 560. The standard InChI is InChI=1S/C15H25N3O2S/c1-3-12-6-5-7-13(10-12)18-21(19,20)15-11-16-9-8-14(15)17-4-2/h8-9,11-13,18H,3-7,10H2,1-2H3,(H,16,17). The second kappa shape index (κ2) is 7.22. The van der Waals surface area contributed by atoms with Crippen molar-refractivity contribution < 1.29 is 8.42 Å². The molecule has 2 N–H and O–H groups in total. The Morgan fingerprint density at radius 3 is 2.86 bits per heavy atom. The maximum absolute atomic E-state index is 12.6. The van der Waals surface area contributed by atoms with Gasteiger partial charge in [0.15, 0.2) is 0 Å². The molecule has 0 aliphatic heterocycles. The Kier molecular flexibility index (Phi) is 5.58. The first kappa shape index (κ1) is 16.2. The molecule has 21 heavy (non-hydrogen) atoms. The van der Waals surface area contributed by atoms with Gasteiger partial charge in [0.2, 0.25) is 10.0 Å². The van der Waals surface area contributed by atoms with Crippen molar-refractivity contribution in [1.82, 2.24) is 9.71 Å². The van der Waals surface area contributed by atoms with E-state index in [-0.39, 0.29) is 10.9 Å². The van der Waals surface area contributed by atoms with Gasteiger partial charge in [-0.15, -0.1) is 0 Å². The van der Waals surface area contributed by atoms with E-state index in [2.05, 4.69) is 21.9 Å². The van der Waals surface area contributed by atoms with E-state index in [4.69, 9.17) is 0 Å². The van der Waals surface area contributed by atoms with Gasteiger partial charge in [0.25, 0.3) is 0 Å². The predicted octanol–water partition coefficient (Wildman–Crippen LogP) is 2.76. The fraction of sp³-hybridized carbons (Fsp3) is 0.667. The van der Waals surface area contributed by atoms with E-state index in [0.29, 0.717) is 18.2 Å². The van der Waals surface area contributed by atoms with Crippen molar-refractivity contribution >= 4 is 15.7 Å². The first-order valence-electron chi connectivity index (χ1n) is 7.77. The first-order valence-corrected chi connectivity index (χ1v) is 9.25. The normalized spacial score (nSPS) is 23.0. The molecular weight excluding hydrogens is 286 g/mol. The van der Waals surface area contributed by atoms with Crippen molar-refractivity contribution in [3.05, 3.63) is 18.5 Å². The minimum atomic E-state index is -3.52. The van der Waals surface area contributed by atoms with E-state index in [9.17, 15) is 8.42 Å². The molecule has 2 unspecified atom stereocenters. The van der Waals surface area contributed by atoms with E-state index < -0.39 is 10.0 Å². The van der Waals surface area contributed by atoms with Crippen LogP contribution in [0, 0.1) is 5.92 Å². The highest BCUT2D eigenvalue weighted by atomic mass is 32.2. The SMILES string of the molecule is CCNc1ccncc1S(=O)(=O)NC1CCCC(CC)C1. The van der Waals surface area contributed by atoms with Crippen LogP contribution in [0.25, 0.3) is 0 Å². The van der Waals surface area contributed by atoms with Gasteiger partial charge in [0, 0.05) is 25.0 Å². The lowest BCUT2D eigenvalue weighted by Crippen LogP contribution is -2.38. The smallest absolute Gasteiger partial charge is 0.244 e. The number of aromatic nitrogens is 1. The minimum Gasteiger partial charge on any atom is -0.384 e. The number of sulfonamides is 1. The maximum atomic E-state index is 12.6. The minimum absolute atomic E-state index is 0.0448. The first-order chi connectivity index (χ1) is 10.1. The fourth-order valence-corrected chi connectivity index (χ4v) is 4.39. The molecule has 0 aromatic carbocycles. The number of nitrogens with one attached hydrogen (secondary N) is 2. The lowest BCUT2D eigenvalue weighted by molar-refractivity contribution is 0.301. The summed E-state index contributed by atoms with van der Waals surface area (Å²) in [5.41, 5.74) is 0.614. The third-order valence-electron chi connectivity index (χ3n) is 4.12. The van der Waals surface area contributed by atoms with Gasteiger partial charge in [-0.25, -0.2) is 13.1 Å². The molecule has 1 fully saturated rings. The zero-order chi connectivity index (χ0) is 15.3. The second-order valence-electron chi connectivity index (χ2n) is 5.66. The molecule has 5 nitrogen and oxygen atoms in total. The van der Waals surface area contributed by atoms with Crippen molar-refractivity contribution in [3.63, 3.8) is 0 Å². The van der Waals surface area contributed by atoms with Crippen molar-refractivity contribution in [3.8, 4) is 0 Å². The Morgan fingerprint density at radius 2 is 2.14 bits per heavy atom. The topological polar surface area (TPSA) is 71.1 Å². The zero-order valence-corrected chi connectivity index (χ0v) is 13.6. The van der Waals surface area contributed by atoms with E-state index in [1.165, 1.54) is 12.6 Å². The van der Waals surface area contributed by atoms with Crippen LogP contribution in [0.3, 0.4) is 0 Å². The molecule has 118 valence electrons. The van der Waals surface area contributed by atoms with Crippen LogP contribution in [-0.4, -0.2) is 26.0 Å². The molecule has 1 saturated carbocycles. The summed E-state index contributed by atoms with van der Waals surface area (Å²) >= 11 is 0. The maximum Gasteiger partial charge on any atom is 0.244 e. The van der Waals surface area contributed by atoms with Gasteiger partial charge in [-0.3, -0.25) is 4.98 Å². The molecule has 1 aromatic rings. The number of hydrogen-bond donors (Lipinski definition) is 2. The summed E-state index contributed by atoms with van der Waals surface area (Å²) in [7, 11) is -3.52. The number of rotatable bonds is 6. The molecule has 0 bridgehead atoms. The van der Waals surface area contributed by atoms with Crippen molar-refractivity contribution in [1.29, 1.82) is 0 Å². The Balaban J connectivity index is 2.15. The third-order valence-corrected chi connectivity index (χ3v) is 5.67. The Hall–Kier alpha value is -1.14. The van der Waals surface area contributed by atoms with Gasteiger partial charge in [-0.1, -0.05) is 26.2 Å². The molecule has 1 aliphatic rings. The zero-order valence-electron chi connectivity index (χ0n) is 12.8. The fourth-order valence-electron chi connectivity index (χ4n) is 2.98. The van der Waals surface area contributed by atoms with Crippen LogP contribution in [0.4, 0.5) is 5.69 Å². The Labute approximate surface area is 127 Å². The number of anilines is 1. The molecule has 2 rings (SSSR count). The summed E-state index contributed by atoms with van der Waals surface area (Å²) in [5, 5.41) is 3.08. The molecular formula is C15H25N3O2S. The van der Waals surface area contributed by atoms with E-state index in [1.54, 1.807) is 12.3 Å². The molecule has 2 atom stereocenters. The Morgan fingerprint density at radius 1 is 1.33 bits per heavy atom.